The van der Waals surface area contributed by atoms with Crippen LogP contribution in [0.25, 0.3) is 11.3 Å². The van der Waals surface area contributed by atoms with E-state index in [2.05, 4.69) is 20.7 Å². The zero-order chi connectivity index (χ0) is 18.8. The number of rotatable bonds is 5. The maximum atomic E-state index is 13.0. The molecule has 1 amide bonds. The largest absolute Gasteiger partial charge is 0.379 e. The Labute approximate surface area is 154 Å². The molecule has 3 heterocycles. The molecule has 1 aliphatic rings. The minimum absolute atomic E-state index is 0.112. The van der Waals surface area contributed by atoms with Crippen molar-refractivity contribution in [2.45, 2.75) is 19.4 Å². The predicted octanol–water partition coefficient (Wildman–Crippen LogP) is 2.50. The van der Waals surface area contributed by atoms with Crippen LogP contribution in [0.15, 0.2) is 40.9 Å². The molecule has 0 saturated carbocycles. The lowest BCUT2D eigenvalue weighted by Crippen LogP contribution is -2.40. The molecule has 1 aromatic carbocycles. The summed E-state index contributed by atoms with van der Waals surface area (Å²) in [6, 6.07) is 9.36. The average molecular weight is 370 g/mol. The van der Waals surface area contributed by atoms with Gasteiger partial charge in [0.2, 0.25) is 0 Å². The molecule has 8 heteroatoms. The number of ether oxygens (including phenoxy) is 1. The number of benzene rings is 1. The summed E-state index contributed by atoms with van der Waals surface area (Å²) in [6.45, 7) is 2.87. The number of nitrogens with zero attached hydrogens (tertiary/aromatic N) is 2. The number of aromatic nitrogens is 3. The van der Waals surface area contributed by atoms with Gasteiger partial charge >= 0.3 is 0 Å². The first-order chi connectivity index (χ1) is 13.1. The molecule has 7 nitrogen and oxygen atoms in total. The number of aromatic amines is 1. The molecular formula is C19H19FN4O3. The highest BCUT2D eigenvalue weighted by molar-refractivity contribution is 5.93. The van der Waals surface area contributed by atoms with Gasteiger partial charge in [-0.05, 0) is 37.3 Å². The maximum absolute atomic E-state index is 13.0. The van der Waals surface area contributed by atoms with Crippen molar-refractivity contribution in [2.24, 2.45) is 5.92 Å². The third-order valence-electron chi connectivity index (χ3n) is 4.62. The van der Waals surface area contributed by atoms with Crippen LogP contribution in [-0.2, 0) is 11.2 Å². The second kappa shape index (κ2) is 7.32. The smallest absolute Gasteiger partial charge is 0.269 e. The second-order valence-corrected chi connectivity index (χ2v) is 6.69. The Kier molecular flexibility index (Phi) is 4.72. The molecule has 140 valence electrons. The lowest BCUT2D eigenvalue weighted by molar-refractivity contribution is 0.0919. The molecule has 2 atom stereocenters. The number of carbonyl (C=O) groups is 1. The first-order valence-electron chi connectivity index (χ1n) is 8.70. The van der Waals surface area contributed by atoms with E-state index in [4.69, 9.17) is 9.26 Å². The number of carbonyl (C=O) groups excluding carboxylic acids is 1. The van der Waals surface area contributed by atoms with Gasteiger partial charge in [-0.3, -0.25) is 9.89 Å². The maximum Gasteiger partial charge on any atom is 0.269 e. The standard InChI is InChI=1S/C19H19FN4O3/c1-11-6-15(27-24-11)7-13-9-26-10-18(13)21-19(25)17-8-16(22-23-17)12-2-4-14(20)5-3-12/h2-6,8,13,18H,7,9-10H2,1H3,(H,21,25)(H,22,23)/t13-,18+/m1/s1. The predicted molar refractivity (Wildman–Crippen MR) is 94.5 cm³/mol. The first kappa shape index (κ1) is 17.4. The molecule has 1 fully saturated rings. The number of halogens is 1. The highest BCUT2D eigenvalue weighted by Crippen LogP contribution is 2.21. The average Bonchev–Trinajstić information content (AvgIpc) is 3.38. The molecule has 0 bridgehead atoms. The minimum Gasteiger partial charge on any atom is -0.379 e. The van der Waals surface area contributed by atoms with Gasteiger partial charge in [0.1, 0.15) is 17.3 Å². The zero-order valence-electron chi connectivity index (χ0n) is 14.7. The molecule has 4 rings (SSSR count). The second-order valence-electron chi connectivity index (χ2n) is 6.69. The number of amides is 1. The quantitative estimate of drug-likeness (QED) is 0.720. The van der Waals surface area contributed by atoms with Gasteiger partial charge in [0, 0.05) is 24.0 Å². The summed E-state index contributed by atoms with van der Waals surface area (Å²) in [5, 5.41) is 13.8. The third kappa shape index (κ3) is 3.90. The number of hydrogen-bond acceptors (Lipinski definition) is 5. The molecule has 0 unspecified atom stereocenters. The van der Waals surface area contributed by atoms with Crippen LogP contribution in [-0.4, -0.2) is 40.5 Å². The van der Waals surface area contributed by atoms with Gasteiger partial charge < -0.3 is 14.6 Å². The van der Waals surface area contributed by atoms with Crippen LogP contribution < -0.4 is 5.32 Å². The van der Waals surface area contributed by atoms with E-state index >= 15 is 0 Å². The summed E-state index contributed by atoms with van der Waals surface area (Å²) in [5.41, 5.74) is 2.48. The van der Waals surface area contributed by atoms with Gasteiger partial charge in [-0.2, -0.15) is 5.10 Å². The van der Waals surface area contributed by atoms with Crippen molar-refractivity contribution < 1.29 is 18.4 Å². The van der Waals surface area contributed by atoms with E-state index in [0.29, 0.717) is 31.0 Å². The fourth-order valence-corrected chi connectivity index (χ4v) is 3.18. The van der Waals surface area contributed by atoms with Crippen LogP contribution in [0.2, 0.25) is 0 Å². The summed E-state index contributed by atoms with van der Waals surface area (Å²) in [6.07, 6.45) is 0.648. The van der Waals surface area contributed by atoms with E-state index in [9.17, 15) is 9.18 Å². The Balaban J connectivity index is 1.41. The van der Waals surface area contributed by atoms with E-state index in [0.717, 1.165) is 17.0 Å². The molecule has 1 saturated heterocycles. The number of H-pyrrole nitrogens is 1. The summed E-state index contributed by atoms with van der Waals surface area (Å²) in [7, 11) is 0. The Morgan fingerprint density at radius 1 is 1.30 bits per heavy atom. The van der Waals surface area contributed by atoms with Crippen LogP contribution in [0.5, 0.6) is 0 Å². The van der Waals surface area contributed by atoms with Crippen LogP contribution in [0.3, 0.4) is 0 Å². The van der Waals surface area contributed by atoms with Gasteiger partial charge in [-0.15, -0.1) is 0 Å². The number of nitrogens with one attached hydrogen (secondary N) is 2. The SMILES string of the molecule is Cc1cc(C[C@@H]2COC[C@@H]2NC(=O)c2cc(-c3ccc(F)cc3)n[nH]2)on1. The van der Waals surface area contributed by atoms with Crippen molar-refractivity contribution in [3.05, 3.63) is 59.4 Å². The lowest BCUT2D eigenvalue weighted by atomic mass is 9.98. The molecule has 0 radical (unpaired) electrons. The van der Waals surface area contributed by atoms with E-state index in [1.165, 1.54) is 12.1 Å². The highest BCUT2D eigenvalue weighted by Gasteiger charge is 2.31. The van der Waals surface area contributed by atoms with Crippen molar-refractivity contribution in [3.8, 4) is 11.3 Å². The molecule has 0 spiro atoms. The fourth-order valence-electron chi connectivity index (χ4n) is 3.18. The monoisotopic (exact) mass is 370 g/mol. The van der Waals surface area contributed by atoms with Gasteiger partial charge in [0.15, 0.2) is 0 Å². The molecule has 27 heavy (non-hydrogen) atoms. The Morgan fingerprint density at radius 3 is 2.85 bits per heavy atom. The molecule has 2 N–H and O–H groups in total. The van der Waals surface area contributed by atoms with E-state index in [1.54, 1.807) is 18.2 Å². The van der Waals surface area contributed by atoms with Crippen molar-refractivity contribution in [1.82, 2.24) is 20.7 Å². The Morgan fingerprint density at radius 2 is 2.11 bits per heavy atom. The van der Waals surface area contributed by atoms with Crippen LogP contribution in [0, 0.1) is 18.7 Å². The van der Waals surface area contributed by atoms with Gasteiger partial charge in [0.25, 0.3) is 5.91 Å². The topological polar surface area (TPSA) is 93.0 Å². The van der Waals surface area contributed by atoms with Crippen molar-refractivity contribution in [3.63, 3.8) is 0 Å². The summed E-state index contributed by atoms with van der Waals surface area (Å²) in [5.74, 6) is 0.315. The van der Waals surface area contributed by atoms with Crippen LogP contribution in [0.4, 0.5) is 4.39 Å². The molecular weight excluding hydrogens is 351 g/mol. The van der Waals surface area contributed by atoms with E-state index in [1.807, 2.05) is 13.0 Å². The Bertz CT molecular complexity index is 935. The molecule has 1 aliphatic heterocycles. The van der Waals surface area contributed by atoms with Crippen molar-refractivity contribution in [2.75, 3.05) is 13.2 Å². The fraction of sp³-hybridized carbons (Fsp3) is 0.316. The van der Waals surface area contributed by atoms with Crippen LogP contribution in [0.1, 0.15) is 21.9 Å². The molecule has 2 aromatic heterocycles. The number of aryl methyl sites for hydroxylation is 1. The summed E-state index contributed by atoms with van der Waals surface area (Å²) in [4.78, 5) is 12.6. The highest BCUT2D eigenvalue weighted by atomic mass is 19.1. The van der Waals surface area contributed by atoms with E-state index < -0.39 is 0 Å². The lowest BCUT2D eigenvalue weighted by Gasteiger charge is -2.17. The molecule has 3 aromatic rings. The van der Waals surface area contributed by atoms with Gasteiger partial charge in [-0.1, -0.05) is 5.16 Å². The third-order valence-corrected chi connectivity index (χ3v) is 4.62. The van der Waals surface area contributed by atoms with E-state index in [-0.39, 0.29) is 23.7 Å². The van der Waals surface area contributed by atoms with Crippen molar-refractivity contribution in [1.29, 1.82) is 0 Å². The van der Waals surface area contributed by atoms with Gasteiger partial charge in [-0.25, -0.2) is 4.39 Å². The van der Waals surface area contributed by atoms with Gasteiger partial charge in [0.05, 0.1) is 30.6 Å². The first-order valence-corrected chi connectivity index (χ1v) is 8.70. The zero-order valence-corrected chi connectivity index (χ0v) is 14.7. The summed E-state index contributed by atoms with van der Waals surface area (Å²) < 4.78 is 23.8. The Hall–Kier alpha value is -3.00. The van der Waals surface area contributed by atoms with Crippen molar-refractivity contribution >= 4 is 5.91 Å². The summed E-state index contributed by atoms with van der Waals surface area (Å²) >= 11 is 0. The number of hydrogen-bond donors (Lipinski definition) is 2. The minimum atomic E-state index is -0.318. The molecule has 0 aliphatic carbocycles. The van der Waals surface area contributed by atoms with Crippen LogP contribution >= 0.6 is 0 Å². The normalized spacial score (nSPS) is 19.3.